The maximum absolute atomic E-state index is 10.3. The van der Waals surface area contributed by atoms with Gasteiger partial charge in [-0.2, -0.15) is 5.10 Å². The summed E-state index contributed by atoms with van der Waals surface area (Å²) in [5.41, 5.74) is 5.38. The Morgan fingerprint density at radius 3 is 2.84 bits per heavy atom. The van der Waals surface area contributed by atoms with Crippen LogP contribution in [0.2, 0.25) is 0 Å². The first-order valence-corrected chi connectivity index (χ1v) is 11.1. The molecule has 1 fully saturated rings. The Morgan fingerprint density at radius 2 is 2.03 bits per heavy atom. The first kappa shape index (κ1) is 21.2. The molecule has 3 aromatic rings. The van der Waals surface area contributed by atoms with E-state index in [1.807, 2.05) is 29.1 Å². The van der Waals surface area contributed by atoms with Crippen LogP contribution in [0, 0.1) is 0 Å². The van der Waals surface area contributed by atoms with Crippen molar-refractivity contribution in [2.45, 2.75) is 50.1 Å². The summed E-state index contributed by atoms with van der Waals surface area (Å²) < 4.78 is 13.5. The summed E-state index contributed by atoms with van der Waals surface area (Å²) in [6.45, 7) is 0.429. The molecule has 0 amide bonds. The normalized spacial score (nSPS) is 25.2. The lowest BCUT2D eigenvalue weighted by Crippen LogP contribution is -2.47. The molecule has 1 saturated heterocycles. The van der Waals surface area contributed by atoms with E-state index in [-0.39, 0.29) is 13.0 Å². The predicted octanol–water partition coefficient (Wildman–Crippen LogP) is 2.33. The lowest BCUT2D eigenvalue weighted by atomic mass is 9.91. The molecular formula is C25H28N2O5. The predicted molar refractivity (Wildman–Crippen MR) is 118 cm³/mol. The maximum atomic E-state index is 10.3. The molecule has 2 aliphatic heterocycles. The second-order valence-corrected chi connectivity index (χ2v) is 8.55. The fraction of sp³-hybridized carbons (Fsp3) is 0.400. The van der Waals surface area contributed by atoms with E-state index in [4.69, 9.17) is 9.47 Å². The average Bonchev–Trinajstić information content (AvgIpc) is 3.35. The van der Waals surface area contributed by atoms with Crippen molar-refractivity contribution >= 4 is 0 Å². The van der Waals surface area contributed by atoms with Crippen molar-refractivity contribution in [2.24, 2.45) is 0 Å². The van der Waals surface area contributed by atoms with Crippen molar-refractivity contribution in [3.05, 3.63) is 77.1 Å². The first-order valence-electron chi connectivity index (χ1n) is 11.1. The molecule has 0 bridgehead atoms. The van der Waals surface area contributed by atoms with Crippen molar-refractivity contribution in [1.29, 1.82) is 0 Å². The highest BCUT2D eigenvalue weighted by atomic mass is 16.5. The third kappa shape index (κ3) is 4.17. The number of rotatable bonds is 5. The minimum Gasteiger partial charge on any atom is -0.493 e. The smallest absolute Gasteiger partial charge is 0.122 e. The Balaban J connectivity index is 1.48. The van der Waals surface area contributed by atoms with Gasteiger partial charge in [0, 0.05) is 18.8 Å². The number of hydrogen-bond acceptors (Lipinski definition) is 6. The molecule has 3 N–H and O–H groups in total. The van der Waals surface area contributed by atoms with Crippen molar-refractivity contribution < 1.29 is 24.8 Å². The zero-order chi connectivity index (χ0) is 22.1. The van der Waals surface area contributed by atoms with Crippen LogP contribution in [-0.2, 0) is 17.6 Å². The summed E-state index contributed by atoms with van der Waals surface area (Å²) in [6.07, 6.45) is 3.45. The zero-order valence-electron chi connectivity index (χ0n) is 17.8. The third-order valence-corrected chi connectivity index (χ3v) is 6.34. The van der Waals surface area contributed by atoms with Crippen molar-refractivity contribution in [3.8, 4) is 11.4 Å². The number of aromatic nitrogens is 2. The van der Waals surface area contributed by atoms with Gasteiger partial charge in [-0.05, 0) is 59.7 Å². The molecule has 2 aliphatic rings. The summed E-state index contributed by atoms with van der Waals surface area (Å²) >= 11 is 0. The largest absolute Gasteiger partial charge is 0.493 e. The summed E-state index contributed by atoms with van der Waals surface area (Å²) in [4.78, 5) is 0. The van der Waals surface area contributed by atoms with Crippen LogP contribution in [0.5, 0.6) is 5.75 Å². The Hall–Kier alpha value is -2.71. The van der Waals surface area contributed by atoms with Crippen molar-refractivity contribution in [1.82, 2.24) is 9.78 Å². The van der Waals surface area contributed by atoms with E-state index < -0.39 is 24.4 Å². The highest BCUT2D eigenvalue weighted by Gasteiger charge is 2.37. The van der Waals surface area contributed by atoms with Crippen LogP contribution in [0.15, 0.2) is 54.9 Å². The second kappa shape index (κ2) is 9.03. The molecule has 2 aromatic carbocycles. The van der Waals surface area contributed by atoms with Crippen LogP contribution in [0.3, 0.4) is 0 Å². The molecule has 1 aromatic heterocycles. The van der Waals surface area contributed by atoms with Gasteiger partial charge in [0.25, 0.3) is 0 Å². The molecule has 4 unspecified atom stereocenters. The third-order valence-electron chi connectivity index (χ3n) is 6.34. The monoisotopic (exact) mass is 436 g/mol. The molecular weight excluding hydrogens is 408 g/mol. The van der Waals surface area contributed by atoms with Gasteiger partial charge in [-0.15, -0.1) is 0 Å². The van der Waals surface area contributed by atoms with E-state index in [2.05, 4.69) is 29.4 Å². The molecule has 5 rings (SSSR count). The maximum Gasteiger partial charge on any atom is 0.122 e. The summed E-state index contributed by atoms with van der Waals surface area (Å²) in [5, 5.41) is 34.3. The van der Waals surface area contributed by atoms with Crippen LogP contribution < -0.4 is 4.74 Å². The number of aliphatic hydroxyl groups excluding tert-OH is 3. The lowest BCUT2D eigenvalue weighted by Gasteiger charge is -2.36. The SMILES string of the molecule is OCC1OC(c2ccc(-n3cccn3)c(Cc3ccc4c(c3)CCCO4)c2)CC(O)C1O. The van der Waals surface area contributed by atoms with Gasteiger partial charge in [-0.3, -0.25) is 0 Å². The van der Waals surface area contributed by atoms with Crippen LogP contribution in [-0.4, -0.2) is 56.6 Å². The molecule has 0 radical (unpaired) electrons. The van der Waals surface area contributed by atoms with Gasteiger partial charge >= 0.3 is 0 Å². The average molecular weight is 437 g/mol. The van der Waals surface area contributed by atoms with E-state index in [0.29, 0.717) is 6.42 Å². The van der Waals surface area contributed by atoms with Crippen molar-refractivity contribution in [2.75, 3.05) is 13.2 Å². The number of nitrogens with zero attached hydrogens (tertiary/aromatic N) is 2. The van der Waals surface area contributed by atoms with E-state index >= 15 is 0 Å². The minimum atomic E-state index is -1.09. The quantitative estimate of drug-likeness (QED) is 0.568. The summed E-state index contributed by atoms with van der Waals surface area (Å²) in [7, 11) is 0. The Kier molecular flexibility index (Phi) is 5.97. The Bertz CT molecular complexity index is 1070. The molecule has 7 heteroatoms. The number of aryl methyl sites for hydroxylation is 1. The van der Waals surface area contributed by atoms with Crippen LogP contribution in [0.4, 0.5) is 0 Å². The number of benzene rings is 2. The molecule has 168 valence electrons. The highest BCUT2D eigenvalue weighted by molar-refractivity contribution is 5.48. The van der Waals surface area contributed by atoms with Crippen LogP contribution in [0.1, 0.15) is 41.2 Å². The zero-order valence-corrected chi connectivity index (χ0v) is 17.8. The molecule has 0 aliphatic carbocycles. The first-order chi connectivity index (χ1) is 15.6. The molecule has 7 nitrogen and oxygen atoms in total. The number of fused-ring (bicyclic) bond motifs is 1. The van der Waals surface area contributed by atoms with E-state index in [9.17, 15) is 15.3 Å². The van der Waals surface area contributed by atoms with Gasteiger partial charge in [0.05, 0.1) is 31.1 Å². The van der Waals surface area contributed by atoms with Crippen molar-refractivity contribution in [3.63, 3.8) is 0 Å². The highest BCUT2D eigenvalue weighted by Crippen LogP contribution is 2.34. The van der Waals surface area contributed by atoms with E-state index in [1.54, 1.807) is 6.20 Å². The van der Waals surface area contributed by atoms with Gasteiger partial charge in [0.15, 0.2) is 0 Å². The number of hydrogen-bond donors (Lipinski definition) is 3. The Labute approximate surface area is 186 Å². The van der Waals surface area contributed by atoms with Crippen LogP contribution in [0.25, 0.3) is 5.69 Å². The van der Waals surface area contributed by atoms with Gasteiger partial charge in [-0.1, -0.05) is 24.3 Å². The van der Waals surface area contributed by atoms with E-state index in [1.165, 1.54) is 11.1 Å². The topological polar surface area (TPSA) is 97.0 Å². The van der Waals surface area contributed by atoms with E-state index in [0.717, 1.165) is 42.0 Å². The second-order valence-electron chi connectivity index (χ2n) is 8.55. The molecule has 32 heavy (non-hydrogen) atoms. The van der Waals surface area contributed by atoms with Gasteiger partial charge in [-0.25, -0.2) is 4.68 Å². The number of aliphatic hydroxyl groups is 3. The number of ether oxygens (including phenoxy) is 2. The lowest BCUT2D eigenvalue weighted by molar-refractivity contribution is -0.181. The molecule has 4 atom stereocenters. The van der Waals surface area contributed by atoms with Gasteiger partial charge in [0.1, 0.15) is 18.0 Å². The molecule has 0 spiro atoms. The summed E-state index contributed by atoms with van der Waals surface area (Å²) in [5.74, 6) is 0.972. The Morgan fingerprint density at radius 1 is 1.12 bits per heavy atom. The molecule has 3 heterocycles. The summed E-state index contributed by atoms with van der Waals surface area (Å²) in [6, 6.07) is 14.3. The fourth-order valence-corrected chi connectivity index (χ4v) is 4.64. The minimum absolute atomic E-state index is 0.272. The molecule has 0 saturated carbocycles. The fourth-order valence-electron chi connectivity index (χ4n) is 4.64. The standard InChI is InChI=1S/C25H28N2O5/c28-15-24-25(30)21(29)14-23(32-24)18-5-6-20(27-9-2-8-26-27)19(13-18)12-16-4-7-22-17(11-16)3-1-10-31-22/h2,4-9,11,13,21,23-25,28-30H,1,3,10,12,14-15H2. The van der Waals surface area contributed by atoms with Gasteiger partial charge in [0.2, 0.25) is 0 Å². The van der Waals surface area contributed by atoms with Gasteiger partial charge < -0.3 is 24.8 Å². The van der Waals surface area contributed by atoms with Crippen LogP contribution >= 0.6 is 0 Å².